The lowest BCUT2D eigenvalue weighted by atomic mass is 9.86. The number of halogens is 5. The second kappa shape index (κ2) is 7.08. The summed E-state index contributed by atoms with van der Waals surface area (Å²) in [6.45, 7) is 2.89. The van der Waals surface area contributed by atoms with Gasteiger partial charge in [-0.25, -0.2) is 9.97 Å². The fraction of sp³-hybridized carbons (Fsp3) is 0.545. The van der Waals surface area contributed by atoms with Gasteiger partial charge < -0.3 is 15.4 Å². The van der Waals surface area contributed by atoms with Crippen molar-refractivity contribution >= 4 is 5.95 Å². The zero-order valence-corrected chi connectivity index (χ0v) is 17.5. The molecule has 1 aliphatic carbocycles. The van der Waals surface area contributed by atoms with Crippen LogP contribution in [0, 0.1) is 6.92 Å². The van der Waals surface area contributed by atoms with E-state index in [1.165, 1.54) is 0 Å². The highest BCUT2D eigenvalue weighted by molar-refractivity contribution is 5.69. The summed E-state index contributed by atoms with van der Waals surface area (Å²) in [7, 11) is 0. The molecular formula is C22H23F5N4O. The van der Waals surface area contributed by atoms with Gasteiger partial charge in [-0.15, -0.1) is 0 Å². The number of anilines is 1. The highest BCUT2D eigenvalue weighted by atomic mass is 19.4. The topological polar surface area (TPSA) is 64.3 Å². The maximum atomic E-state index is 14.6. The summed E-state index contributed by atoms with van der Waals surface area (Å²) in [4.78, 5) is 9.26. The Kier molecular flexibility index (Phi) is 4.76. The lowest BCUT2D eigenvalue weighted by molar-refractivity contribution is -0.160. The van der Waals surface area contributed by atoms with E-state index in [0.29, 0.717) is 30.8 Å². The monoisotopic (exact) mass is 454 g/mol. The molecule has 1 aromatic heterocycles. The Hall–Kier alpha value is -2.33. The Bertz CT molecular complexity index is 1070. The van der Waals surface area contributed by atoms with E-state index in [1.54, 1.807) is 6.07 Å². The van der Waals surface area contributed by atoms with E-state index in [4.69, 9.17) is 10.5 Å². The van der Waals surface area contributed by atoms with Crippen molar-refractivity contribution in [3.8, 4) is 11.3 Å². The summed E-state index contributed by atoms with van der Waals surface area (Å²) in [5.74, 6) is -3.49. The second-order valence-electron chi connectivity index (χ2n) is 8.93. The lowest BCUT2D eigenvalue weighted by Gasteiger charge is -2.42. The lowest BCUT2D eigenvalue weighted by Crippen LogP contribution is -2.56. The van der Waals surface area contributed by atoms with E-state index < -0.39 is 35.8 Å². The number of hydrogen-bond acceptors (Lipinski definition) is 5. The number of nitrogens with two attached hydrogens (primary N) is 1. The molecule has 10 heteroatoms. The number of rotatable bonds is 3. The molecule has 172 valence electrons. The molecule has 3 aliphatic rings. The first-order chi connectivity index (χ1) is 15.0. The van der Waals surface area contributed by atoms with Gasteiger partial charge in [0, 0.05) is 30.7 Å². The van der Waals surface area contributed by atoms with Crippen LogP contribution in [0.15, 0.2) is 18.2 Å². The van der Waals surface area contributed by atoms with E-state index in [2.05, 4.69) is 9.97 Å². The standard InChI is InChI=1S/C22H23F5N4O/c1-12-10-13(2-3-15(12)20(28)7-9-32-11-20)17-14-4-6-21(23,24)18(14)30-19(29-17)31-8-5-16(31)22(25,26)27/h2-3,10,16H,4-9,11,28H2,1H3/t16-,20?/m1/s1. The van der Waals surface area contributed by atoms with Crippen molar-refractivity contribution in [2.24, 2.45) is 5.73 Å². The normalized spacial score (nSPS) is 26.8. The Morgan fingerprint density at radius 3 is 2.56 bits per heavy atom. The maximum absolute atomic E-state index is 14.6. The summed E-state index contributed by atoms with van der Waals surface area (Å²) >= 11 is 0. The molecule has 0 saturated carbocycles. The van der Waals surface area contributed by atoms with E-state index in [9.17, 15) is 22.0 Å². The smallest absolute Gasteiger partial charge is 0.379 e. The molecule has 2 N–H and O–H groups in total. The van der Waals surface area contributed by atoms with Gasteiger partial charge in [-0.1, -0.05) is 12.1 Å². The molecule has 5 rings (SSSR count). The zero-order valence-electron chi connectivity index (χ0n) is 17.5. The number of hydrogen-bond donors (Lipinski definition) is 1. The molecular weight excluding hydrogens is 431 g/mol. The first kappa shape index (κ1) is 21.5. The van der Waals surface area contributed by atoms with E-state index in [-0.39, 0.29) is 31.0 Å². The number of nitrogens with zero attached hydrogens (tertiary/aromatic N) is 3. The molecule has 2 fully saturated rings. The van der Waals surface area contributed by atoms with Gasteiger partial charge in [0.1, 0.15) is 11.7 Å². The fourth-order valence-corrected chi connectivity index (χ4v) is 4.91. The Labute approximate surface area is 181 Å². The molecule has 1 unspecified atom stereocenters. The first-order valence-electron chi connectivity index (χ1n) is 10.6. The molecule has 2 aliphatic heterocycles. The van der Waals surface area contributed by atoms with Crippen molar-refractivity contribution in [1.82, 2.24) is 9.97 Å². The SMILES string of the molecule is Cc1cc(-c2nc(N3CC[C@@H]3C(F)(F)F)nc3c2CCC3(F)F)ccc1C1(N)CCOC1. The maximum Gasteiger partial charge on any atom is 0.408 e. The summed E-state index contributed by atoms with van der Waals surface area (Å²) in [6.07, 6.45) is -4.28. The van der Waals surface area contributed by atoms with Crippen LogP contribution in [0.1, 0.15) is 41.6 Å². The summed E-state index contributed by atoms with van der Waals surface area (Å²) in [5.41, 5.74) is 8.26. The van der Waals surface area contributed by atoms with Crippen LogP contribution in [0.4, 0.5) is 27.9 Å². The molecule has 0 radical (unpaired) electrons. The van der Waals surface area contributed by atoms with Crippen molar-refractivity contribution in [3.63, 3.8) is 0 Å². The number of alkyl halides is 5. The van der Waals surface area contributed by atoms with Gasteiger partial charge in [0.25, 0.3) is 5.92 Å². The predicted octanol–water partition coefficient (Wildman–Crippen LogP) is 4.21. The molecule has 1 aromatic carbocycles. The van der Waals surface area contributed by atoms with Crippen LogP contribution in [-0.4, -0.2) is 41.9 Å². The van der Waals surface area contributed by atoms with E-state index >= 15 is 0 Å². The number of benzene rings is 1. The average Bonchev–Trinajstić information content (AvgIpc) is 3.23. The number of aromatic nitrogens is 2. The van der Waals surface area contributed by atoms with Gasteiger partial charge in [-0.3, -0.25) is 0 Å². The summed E-state index contributed by atoms with van der Waals surface area (Å²) in [5, 5.41) is 0. The van der Waals surface area contributed by atoms with Crippen LogP contribution in [-0.2, 0) is 22.6 Å². The fourth-order valence-electron chi connectivity index (χ4n) is 4.91. The quantitative estimate of drug-likeness (QED) is 0.705. The Balaban J connectivity index is 1.60. The molecule has 3 heterocycles. The second-order valence-corrected chi connectivity index (χ2v) is 8.93. The molecule has 0 amide bonds. The van der Waals surface area contributed by atoms with Crippen molar-refractivity contribution in [3.05, 3.63) is 40.6 Å². The van der Waals surface area contributed by atoms with Crippen LogP contribution >= 0.6 is 0 Å². The van der Waals surface area contributed by atoms with Crippen LogP contribution in [0.2, 0.25) is 0 Å². The van der Waals surface area contributed by atoms with Gasteiger partial charge in [0.05, 0.1) is 17.8 Å². The average molecular weight is 454 g/mol. The van der Waals surface area contributed by atoms with Crippen molar-refractivity contribution in [2.45, 2.75) is 56.3 Å². The molecule has 32 heavy (non-hydrogen) atoms. The number of aryl methyl sites for hydroxylation is 1. The van der Waals surface area contributed by atoms with Gasteiger partial charge in [-0.05, 0) is 43.4 Å². The third-order valence-electron chi connectivity index (χ3n) is 6.77. The predicted molar refractivity (Wildman–Crippen MR) is 108 cm³/mol. The van der Waals surface area contributed by atoms with Crippen LogP contribution in [0.5, 0.6) is 0 Å². The van der Waals surface area contributed by atoms with Crippen molar-refractivity contribution < 1.29 is 26.7 Å². The third-order valence-corrected chi connectivity index (χ3v) is 6.77. The van der Waals surface area contributed by atoms with Gasteiger partial charge >= 0.3 is 6.18 Å². The summed E-state index contributed by atoms with van der Waals surface area (Å²) < 4.78 is 74.5. The Morgan fingerprint density at radius 1 is 1.19 bits per heavy atom. The minimum Gasteiger partial charge on any atom is -0.379 e. The molecule has 2 saturated heterocycles. The van der Waals surface area contributed by atoms with Crippen molar-refractivity contribution in [2.75, 3.05) is 24.7 Å². The zero-order chi connectivity index (χ0) is 22.9. The molecule has 5 nitrogen and oxygen atoms in total. The van der Waals surface area contributed by atoms with E-state index in [1.807, 2.05) is 19.1 Å². The molecule has 0 bridgehead atoms. The Morgan fingerprint density at radius 2 is 1.97 bits per heavy atom. The van der Waals surface area contributed by atoms with Crippen LogP contribution < -0.4 is 10.6 Å². The first-order valence-corrected chi connectivity index (χ1v) is 10.6. The molecule has 0 spiro atoms. The minimum absolute atomic E-state index is 0.0656. The van der Waals surface area contributed by atoms with Crippen molar-refractivity contribution in [1.29, 1.82) is 0 Å². The van der Waals surface area contributed by atoms with Gasteiger partial charge in [-0.2, -0.15) is 22.0 Å². The minimum atomic E-state index is -4.47. The largest absolute Gasteiger partial charge is 0.408 e. The third kappa shape index (κ3) is 3.35. The van der Waals surface area contributed by atoms with E-state index in [0.717, 1.165) is 16.0 Å². The summed E-state index contributed by atoms with van der Waals surface area (Å²) in [6, 6.07) is 3.63. The molecule has 2 atom stereocenters. The highest BCUT2D eigenvalue weighted by Gasteiger charge is 2.51. The van der Waals surface area contributed by atoms with Gasteiger partial charge in [0.15, 0.2) is 0 Å². The van der Waals surface area contributed by atoms with Gasteiger partial charge in [0.2, 0.25) is 5.95 Å². The highest BCUT2D eigenvalue weighted by Crippen LogP contribution is 2.46. The van der Waals surface area contributed by atoms with Crippen LogP contribution in [0.3, 0.4) is 0 Å². The van der Waals surface area contributed by atoms with Crippen LogP contribution in [0.25, 0.3) is 11.3 Å². The molecule has 2 aromatic rings. The number of ether oxygens (including phenoxy) is 1. The number of fused-ring (bicyclic) bond motifs is 1.